The van der Waals surface area contributed by atoms with Crippen molar-refractivity contribution in [1.29, 1.82) is 0 Å². The summed E-state index contributed by atoms with van der Waals surface area (Å²) in [6.45, 7) is 1.92. The van der Waals surface area contributed by atoms with Crippen LogP contribution in [0.3, 0.4) is 0 Å². The fraction of sp³-hybridized carbons (Fsp3) is 0.692. The highest BCUT2D eigenvalue weighted by Crippen LogP contribution is 2.28. The van der Waals surface area contributed by atoms with Crippen LogP contribution in [0.25, 0.3) is 0 Å². The van der Waals surface area contributed by atoms with Crippen molar-refractivity contribution in [1.82, 2.24) is 4.98 Å². The maximum absolute atomic E-state index is 11.7. The molecule has 0 spiro atoms. The molecule has 6 heteroatoms. The van der Waals surface area contributed by atoms with Crippen LogP contribution in [-0.4, -0.2) is 16.9 Å². The maximum Gasteiger partial charge on any atom is 0.226 e. The maximum atomic E-state index is 11.7. The molecule has 1 atom stereocenters. The number of amides is 1. The summed E-state index contributed by atoms with van der Waals surface area (Å²) in [6.07, 6.45) is 7.12. The molecule has 1 aliphatic rings. The molecule has 2 rings (SSSR count). The average molecular weight is 304 g/mol. The zero-order valence-corrected chi connectivity index (χ0v) is 12.9. The second-order valence-electron chi connectivity index (χ2n) is 5.01. The zero-order chi connectivity index (χ0) is 13.0. The molecule has 1 unspecified atom stereocenters. The van der Waals surface area contributed by atoms with Crippen LogP contribution in [0.5, 0.6) is 0 Å². The van der Waals surface area contributed by atoms with Crippen LogP contribution in [0, 0.1) is 0 Å². The highest BCUT2D eigenvalue weighted by Gasteiger charge is 2.15. The summed E-state index contributed by atoms with van der Waals surface area (Å²) in [5, 5.41) is 3.65. The first-order valence-electron chi connectivity index (χ1n) is 6.69. The molecule has 1 amide bonds. The summed E-state index contributed by atoms with van der Waals surface area (Å²) in [7, 11) is 0. The van der Waals surface area contributed by atoms with E-state index in [0.717, 1.165) is 24.4 Å². The number of anilines is 1. The van der Waals surface area contributed by atoms with Gasteiger partial charge in [0.2, 0.25) is 5.91 Å². The number of hydrogen-bond acceptors (Lipinski definition) is 4. The SMILES string of the molecule is CC(N)CCC(=O)Nc1nc2c(s1)CCCCC2.Cl. The van der Waals surface area contributed by atoms with E-state index < -0.39 is 0 Å². The van der Waals surface area contributed by atoms with Crippen molar-refractivity contribution in [3.63, 3.8) is 0 Å². The molecule has 0 saturated carbocycles. The number of rotatable bonds is 4. The number of aryl methyl sites for hydroxylation is 2. The zero-order valence-electron chi connectivity index (χ0n) is 11.3. The fourth-order valence-electron chi connectivity index (χ4n) is 2.12. The van der Waals surface area contributed by atoms with Crippen LogP contribution in [0.15, 0.2) is 0 Å². The lowest BCUT2D eigenvalue weighted by Crippen LogP contribution is -2.19. The molecule has 0 fully saturated rings. The van der Waals surface area contributed by atoms with Crippen molar-refractivity contribution in [2.24, 2.45) is 5.73 Å². The van der Waals surface area contributed by atoms with Gasteiger partial charge in [0.15, 0.2) is 5.13 Å². The van der Waals surface area contributed by atoms with E-state index in [1.165, 1.54) is 29.8 Å². The molecule has 19 heavy (non-hydrogen) atoms. The number of halogens is 1. The van der Waals surface area contributed by atoms with Gasteiger partial charge in [-0.25, -0.2) is 4.98 Å². The van der Waals surface area contributed by atoms with E-state index in [1.54, 1.807) is 11.3 Å². The van der Waals surface area contributed by atoms with Gasteiger partial charge in [0, 0.05) is 17.3 Å². The Hall–Kier alpha value is -0.650. The number of nitrogens with two attached hydrogens (primary N) is 1. The van der Waals surface area contributed by atoms with Gasteiger partial charge in [0.1, 0.15) is 0 Å². The average Bonchev–Trinajstić information content (AvgIpc) is 2.56. The highest BCUT2D eigenvalue weighted by atomic mass is 35.5. The third-order valence-electron chi connectivity index (χ3n) is 3.17. The molecule has 0 aliphatic heterocycles. The van der Waals surface area contributed by atoms with Gasteiger partial charge in [0.05, 0.1) is 5.69 Å². The Kier molecular flexibility index (Phi) is 6.75. The van der Waals surface area contributed by atoms with Gasteiger partial charge in [-0.15, -0.1) is 23.7 Å². The summed E-state index contributed by atoms with van der Waals surface area (Å²) in [5.41, 5.74) is 6.83. The first-order valence-corrected chi connectivity index (χ1v) is 7.51. The number of thiazole rings is 1. The number of nitrogens with one attached hydrogen (secondary N) is 1. The first kappa shape index (κ1) is 16.4. The molecule has 108 valence electrons. The molecule has 3 N–H and O–H groups in total. The van der Waals surface area contributed by atoms with Crippen molar-refractivity contribution in [3.05, 3.63) is 10.6 Å². The summed E-state index contributed by atoms with van der Waals surface area (Å²) in [4.78, 5) is 17.6. The molecule has 1 aromatic heterocycles. The summed E-state index contributed by atoms with van der Waals surface area (Å²) >= 11 is 1.64. The lowest BCUT2D eigenvalue weighted by Gasteiger charge is -2.04. The lowest BCUT2D eigenvalue weighted by atomic mass is 10.2. The Labute approximate surface area is 124 Å². The molecule has 1 aliphatic carbocycles. The van der Waals surface area contributed by atoms with Gasteiger partial charge in [-0.05, 0) is 39.0 Å². The van der Waals surface area contributed by atoms with Crippen molar-refractivity contribution in [3.8, 4) is 0 Å². The van der Waals surface area contributed by atoms with E-state index in [2.05, 4.69) is 10.3 Å². The second-order valence-corrected chi connectivity index (χ2v) is 6.10. The van der Waals surface area contributed by atoms with Gasteiger partial charge in [-0.2, -0.15) is 0 Å². The van der Waals surface area contributed by atoms with E-state index in [1.807, 2.05) is 6.92 Å². The third-order valence-corrected chi connectivity index (χ3v) is 4.24. The van der Waals surface area contributed by atoms with Crippen LogP contribution >= 0.6 is 23.7 Å². The van der Waals surface area contributed by atoms with Gasteiger partial charge >= 0.3 is 0 Å². The molecule has 4 nitrogen and oxygen atoms in total. The minimum atomic E-state index is 0. The van der Waals surface area contributed by atoms with E-state index in [0.29, 0.717) is 6.42 Å². The summed E-state index contributed by atoms with van der Waals surface area (Å²) < 4.78 is 0. The van der Waals surface area contributed by atoms with E-state index in [-0.39, 0.29) is 24.4 Å². The van der Waals surface area contributed by atoms with Gasteiger partial charge in [0.25, 0.3) is 0 Å². The predicted octanol–water partition coefficient (Wildman–Crippen LogP) is 2.90. The fourth-order valence-corrected chi connectivity index (χ4v) is 3.19. The molecule has 1 aromatic rings. The molecular formula is C13H22ClN3OS. The summed E-state index contributed by atoms with van der Waals surface area (Å²) in [5.74, 6) is 0.0243. The molecule has 0 bridgehead atoms. The van der Waals surface area contributed by atoms with Gasteiger partial charge in [-0.3, -0.25) is 4.79 Å². The number of carbonyl (C=O) groups excluding carboxylic acids is 1. The highest BCUT2D eigenvalue weighted by molar-refractivity contribution is 7.15. The number of nitrogens with zero attached hydrogens (tertiary/aromatic N) is 1. The van der Waals surface area contributed by atoms with Gasteiger partial charge < -0.3 is 11.1 Å². The standard InChI is InChI=1S/C13H21N3OS.ClH/c1-9(14)7-8-12(17)16-13-15-10-5-3-2-4-6-11(10)18-13;/h9H,2-8,14H2,1H3,(H,15,16,17);1H. The lowest BCUT2D eigenvalue weighted by molar-refractivity contribution is -0.116. The smallest absolute Gasteiger partial charge is 0.226 e. The molecule has 0 saturated heterocycles. The van der Waals surface area contributed by atoms with E-state index >= 15 is 0 Å². The third kappa shape index (κ3) is 5.09. The quantitative estimate of drug-likeness (QED) is 0.840. The van der Waals surface area contributed by atoms with Crippen molar-refractivity contribution in [2.45, 2.75) is 57.9 Å². The monoisotopic (exact) mass is 303 g/mol. The molecule has 1 heterocycles. The largest absolute Gasteiger partial charge is 0.328 e. The molecule has 0 aromatic carbocycles. The van der Waals surface area contributed by atoms with Crippen molar-refractivity contribution >= 4 is 34.8 Å². The van der Waals surface area contributed by atoms with E-state index in [4.69, 9.17) is 5.73 Å². The topological polar surface area (TPSA) is 68.0 Å². The Bertz CT molecular complexity index is 397. The van der Waals surface area contributed by atoms with Crippen LogP contribution in [-0.2, 0) is 17.6 Å². The Morgan fingerprint density at radius 3 is 2.89 bits per heavy atom. The van der Waals surface area contributed by atoms with Crippen molar-refractivity contribution < 1.29 is 4.79 Å². The number of carbonyl (C=O) groups is 1. The Balaban J connectivity index is 0.00000180. The minimum absolute atomic E-state index is 0. The van der Waals surface area contributed by atoms with E-state index in [9.17, 15) is 4.79 Å². The number of hydrogen-bond donors (Lipinski definition) is 2. The normalized spacial score (nSPS) is 15.9. The minimum Gasteiger partial charge on any atom is -0.328 e. The number of fused-ring (bicyclic) bond motifs is 1. The number of aromatic nitrogens is 1. The summed E-state index contributed by atoms with van der Waals surface area (Å²) in [6, 6.07) is 0.0729. The predicted molar refractivity (Wildman–Crippen MR) is 82.1 cm³/mol. The first-order chi connectivity index (χ1) is 8.65. The molecule has 0 radical (unpaired) electrons. The molecular weight excluding hydrogens is 282 g/mol. The van der Waals surface area contributed by atoms with Crippen LogP contribution in [0.1, 0.15) is 49.6 Å². The second kappa shape index (κ2) is 7.82. The van der Waals surface area contributed by atoms with Crippen molar-refractivity contribution in [2.75, 3.05) is 5.32 Å². The Morgan fingerprint density at radius 1 is 1.42 bits per heavy atom. The van der Waals surface area contributed by atoms with Gasteiger partial charge in [-0.1, -0.05) is 6.42 Å². The van der Waals surface area contributed by atoms with Crippen LogP contribution < -0.4 is 11.1 Å². The van der Waals surface area contributed by atoms with Crippen LogP contribution in [0.2, 0.25) is 0 Å². The van der Waals surface area contributed by atoms with Crippen LogP contribution in [0.4, 0.5) is 5.13 Å². The Morgan fingerprint density at radius 2 is 2.16 bits per heavy atom.